The van der Waals surface area contributed by atoms with Crippen LogP contribution in [0.25, 0.3) is 0 Å². The average Bonchev–Trinajstić information content (AvgIpc) is 3.00. The maximum Gasteiger partial charge on any atom is 0.0394 e. The molecule has 0 N–H and O–H groups in total. The molecule has 0 heteroatoms. The van der Waals surface area contributed by atoms with Gasteiger partial charge < -0.3 is 0 Å². The topological polar surface area (TPSA) is 0 Å². The van der Waals surface area contributed by atoms with Gasteiger partial charge in [0, 0.05) is 5.41 Å². The van der Waals surface area contributed by atoms with Gasteiger partial charge in [-0.05, 0) is 53.4 Å². The molecular weight excluding hydrogens is 252 g/mol. The van der Waals surface area contributed by atoms with Gasteiger partial charge in [-0.15, -0.1) is 0 Å². The molecule has 21 heavy (non-hydrogen) atoms. The van der Waals surface area contributed by atoms with Crippen LogP contribution in [0, 0.1) is 11.3 Å². The maximum absolute atomic E-state index is 2.55. The summed E-state index contributed by atoms with van der Waals surface area (Å²) in [5.41, 5.74) is 7.28. The highest BCUT2D eigenvalue weighted by Gasteiger charge is 2.57. The Bertz CT molecular complexity index is 625. The summed E-state index contributed by atoms with van der Waals surface area (Å²) in [4.78, 5) is 0. The van der Waals surface area contributed by atoms with E-state index in [0.717, 1.165) is 0 Å². The Morgan fingerprint density at radius 3 is 2.19 bits per heavy atom. The van der Waals surface area contributed by atoms with Gasteiger partial charge in [-0.3, -0.25) is 0 Å². The standard InChI is InChI=1S/C21H26/c1-15-14-17-19(20(2)12-8-5-9-13-20)18(15)21(17,3)16-10-6-4-7-11-16/h4,6-7,10-11,14-15H,5,8-9,12-13H2,1-3H3. The van der Waals surface area contributed by atoms with Crippen LogP contribution in [0.15, 0.2) is 53.1 Å². The fourth-order valence-electron chi connectivity index (χ4n) is 5.31. The van der Waals surface area contributed by atoms with Gasteiger partial charge in [-0.2, -0.15) is 0 Å². The van der Waals surface area contributed by atoms with Crippen molar-refractivity contribution in [2.75, 3.05) is 0 Å². The van der Waals surface area contributed by atoms with Crippen molar-refractivity contribution in [3.8, 4) is 0 Å². The summed E-state index contributed by atoms with van der Waals surface area (Å²) in [7, 11) is 0. The minimum atomic E-state index is 0.205. The van der Waals surface area contributed by atoms with Crippen molar-refractivity contribution in [2.24, 2.45) is 11.3 Å². The van der Waals surface area contributed by atoms with Crippen molar-refractivity contribution < 1.29 is 0 Å². The molecule has 0 aromatic heterocycles. The third-order valence-electron chi connectivity index (χ3n) is 6.40. The molecule has 0 spiro atoms. The van der Waals surface area contributed by atoms with Gasteiger partial charge in [0.05, 0.1) is 0 Å². The van der Waals surface area contributed by atoms with E-state index in [1.54, 1.807) is 16.7 Å². The monoisotopic (exact) mass is 278 g/mol. The molecule has 0 radical (unpaired) electrons. The Kier molecular flexibility index (Phi) is 2.77. The highest BCUT2D eigenvalue weighted by molar-refractivity contribution is 5.73. The first-order valence-corrected chi connectivity index (χ1v) is 8.61. The van der Waals surface area contributed by atoms with Crippen LogP contribution in [0.5, 0.6) is 0 Å². The number of rotatable bonds is 2. The van der Waals surface area contributed by atoms with Crippen LogP contribution in [-0.2, 0) is 5.41 Å². The quantitative estimate of drug-likeness (QED) is 0.641. The lowest BCUT2D eigenvalue weighted by Gasteiger charge is -2.51. The Labute approximate surface area is 129 Å². The zero-order valence-electron chi connectivity index (χ0n) is 13.6. The Morgan fingerprint density at radius 1 is 0.952 bits per heavy atom. The minimum absolute atomic E-state index is 0.205. The molecule has 0 nitrogen and oxygen atoms in total. The molecule has 110 valence electrons. The van der Waals surface area contributed by atoms with E-state index in [1.165, 1.54) is 37.7 Å². The number of fused-ring (bicyclic) bond motifs is 1. The normalized spacial score (nSPS) is 33.7. The highest BCUT2D eigenvalue weighted by Crippen LogP contribution is 2.67. The number of benzene rings is 1. The molecule has 1 fully saturated rings. The third kappa shape index (κ3) is 1.62. The van der Waals surface area contributed by atoms with Crippen LogP contribution in [0.2, 0.25) is 0 Å². The van der Waals surface area contributed by atoms with Crippen molar-refractivity contribution in [3.05, 3.63) is 58.7 Å². The second-order valence-electron chi connectivity index (χ2n) is 7.77. The Hall–Kier alpha value is -1.30. The van der Waals surface area contributed by atoms with Crippen LogP contribution in [0.4, 0.5) is 0 Å². The number of hydrogen-bond acceptors (Lipinski definition) is 0. The van der Waals surface area contributed by atoms with E-state index in [4.69, 9.17) is 0 Å². The van der Waals surface area contributed by atoms with Crippen LogP contribution in [-0.4, -0.2) is 0 Å². The molecule has 2 atom stereocenters. The van der Waals surface area contributed by atoms with Crippen LogP contribution >= 0.6 is 0 Å². The van der Waals surface area contributed by atoms with E-state index in [2.05, 4.69) is 57.2 Å². The molecule has 0 amide bonds. The van der Waals surface area contributed by atoms with E-state index in [1.807, 2.05) is 0 Å². The molecule has 4 aliphatic carbocycles. The molecule has 1 aromatic rings. The molecule has 0 aliphatic heterocycles. The Balaban J connectivity index is 1.81. The van der Waals surface area contributed by atoms with Gasteiger partial charge in [0.15, 0.2) is 0 Å². The van der Waals surface area contributed by atoms with Crippen molar-refractivity contribution >= 4 is 0 Å². The highest BCUT2D eigenvalue weighted by atomic mass is 14.6. The Morgan fingerprint density at radius 2 is 1.62 bits per heavy atom. The summed E-state index contributed by atoms with van der Waals surface area (Å²) < 4.78 is 0. The maximum atomic E-state index is 2.55. The number of allylic oxidation sites excluding steroid dienone is 4. The van der Waals surface area contributed by atoms with Crippen molar-refractivity contribution in [3.63, 3.8) is 0 Å². The molecule has 5 rings (SSSR count). The number of hydrogen-bond donors (Lipinski definition) is 0. The first kappa shape index (κ1) is 13.4. The average molecular weight is 278 g/mol. The van der Waals surface area contributed by atoms with Gasteiger partial charge >= 0.3 is 0 Å². The van der Waals surface area contributed by atoms with Gasteiger partial charge in [-0.25, -0.2) is 0 Å². The minimum Gasteiger partial charge on any atom is -0.0728 e. The van der Waals surface area contributed by atoms with E-state index >= 15 is 0 Å². The SMILES string of the molecule is CC1C=C2C(C3(C)CCCCC3)=C1C2(C)c1ccccc1. The predicted octanol–water partition coefficient (Wildman–Crippen LogP) is 5.80. The predicted molar refractivity (Wildman–Crippen MR) is 89.3 cm³/mol. The summed E-state index contributed by atoms with van der Waals surface area (Å²) >= 11 is 0. The van der Waals surface area contributed by atoms with E-state index in [9.17, 15) is 0 Å². The molecule has 2 bridgehead atoms. The molecule has 0 saturated heterocycles. The van der Waals surface area contributed by atoms with Crippen LogP contribution < -0.4 is 0 Å². The lowest BCUT2D eigenvalue weighted by molar-refractivity contribution is 0.253. The summed E-state index contributed by atoms with van der Waals surface area (Å²) in [6, 6.07) is 11.1. The van der Waals surface area contributed by atoms with Gasteiger partial charge in [0.1, 0.15) is 0 Å². The lowest BCUT2D eigenvalue weighted by Crippen LogP contribution is -2.42. The molecule has 4 aliphatic rings. The molecular formula is C21H26. The van der Waals surface area contributed by atoms with Gasteiger partial charge in [0.25, 0.3) is 0 Å². The summed E-state index contributed by atoms with van der Waals surface area (Å²) in [6.07, 6.45) is 9.59. The molecule has 0 heterocycles. The zero-order valence-corrected chi connectivity index (χ0v) is 13.6. The summed E-state index contributed by atoms with van der Waals surface area (Å²) in [6.45, 7) is 7.36. The second-order valence-corrected chi connectivity index (χ2v) is 7.77. The second kappa shape index (κ2) is 4.35. The van der Waals surface area contributed by atoms with Gasteiger partial charge in [0.2, 0.25) is 0 Å². The lowest BCUT2D eigenvalue weighted by atomic mass is 9.52. The van der Waals surface area contributed by atoms with Crippen molar-refractivity contribution in [1.82, 2.24) is 0 Å². The van der Waals surface area contributed by atoms with E-state index < -0.39 is 0 Å². The van der Waals surface area contributed by atoms with Crippen molar-refractivity contribution in [1.29, 1.82) is 0 Å². The molecule has 1 aromatic carbocycles. The van der Waals surface area contributed by atoms with E-state index in [-0.39, 0.29) is 5.41 Å². The molecule has 1 saturated carbocycles. The summed E-state index contributed by atoms with van der Waals surface area (Å²) in [5, 5.41) is 0. The van der Waals surface area contributed by atoms with Crippen LogP contribution in [0.3, 0.4) is 0 Å². The van der Waals surface area contributed by atoms with Crippen LogP contribution in [0.1, 0.15) is 58.4 Å². The molecule has 2 unspecified atom stereocenters. The summed E-state index contributed by atoms with van der Waals surface area (Å²) in [5.74, 6) is 0.638. The first-order chi connectivity index (χ1) is 10.1. The van der Waals surface area contributed by atoms with E-state index in [0.29, 0.717) is 11.3 Å². The largest absolute Gasteiger partial charge is 0.0728 e. The fraction of sp³-hybridized carbons (Fsp3) is 0.524. The zero-order chi connectivity index (χ0) is 14.7. The smallest absolute Gasteiger partial charge is 0.0394 e. The first-order valence-electron chi connectivity index (χ1n) is 8.61. The fourth-order valence-corrected chi connectivity index (χ4v) is 5.31. The third-order valence-corrected chi connectivity index (χ3v) is 6.40. The van der Waals surface area contributed by atoms with Gasteiger partial charge in [-0.1, -0.05) is 69.5 Å². The van der Waals surface area contributed by atoms with Crippen molar-refractivity contribution in [2.45, 2.75) is 58.3 Å².